The molecule has 0 saturated carbocycles. The number of imidazole rings is 1. The normalized spacial score (nSPS) is 12.0. The van der Waals surface area contributed by atoms with Gasteiger partial charge in [0, 0.05) is 6.42 Å². The quantitative estimate of drug-likeness (QED) is 0.226. The maximum Gasteiger partial charge on any atom is 0.335 e. The standard InChI is InChI=1S/C34H26FN3O3/c1-21(23-9-11-25(12-10-23)34(40)41)37-33(39)31-19-28(24-5-3-2-4-6-24)18-30-20-36-32(38(30)31)16-22-7-8-27-17-29(35)14-13-26(27)15-22/h2-15,17-21H,16H2,1H3,(H,37,39)(H,40,41)/t21-/m0/s1. The third kappa shape index (κ3) is 5.30. The number of hydrogen-bond donors (Lipinski definition) is 2. The predicted octanol–water partition coefficient (Wildman–Crippen LogP) is 7.07. The molecule has 1 amide bonds. The number of halogens is 1. The molecule has 7 heteroatoms. The molecule has 0 unspecified atom stereocenters. The SMILES string of the molecule is C[C@H](NC(=O)c1cc(-c2ccccc2)cc2cnc(Cc3ccc4cc(F)ccc4c3)n12)c1ccc(C(=O)O)cc1. The summed E-state index contributed by atoms with van der Waals surface area (Å²) in [7, 11) is 0. The number of carbonyl (C=O) groups is 2. The molecule has 4 aromatic carbocycles. The van der Waals surface area contributed by atoms with Crippen LogP contribution in [-0.2, 0) is 6.42 Å². The number of hydrogen-bond acceptors (Lipinski definition) is 3. The maximum absolute atomic E-state index is 13.8. The Kier molecular flexibility index (Phi) is 6.77. The Labute approximate surface area is 235 Å². The fourth-order valence-electron chi connectivity index (χ4n) is 5.11. The van der Waals surface area contributed by atoms with Crippen LogP contribution in [0, 0.1) is 5.82 Å². The van der Waals surface area contributed by atoms with Crippen molar-refractivity contribution >= 4 is 28.2 Å². The summed E-state index contributed by atoms with van der Waals surface area (Å²) < 4.78 is 15.5. The molecule has 0 radical (unpaired) electrons. The zero-order valence-corrected chi connectivity index (χ0v) is 22.2. The van der Waals surface area contributed by atoms with Gasteiger partial charge in [-0.3, -0.25) is 9.20 Å². The predicted molar refractivity (Wildman–Crippen MR) is 157 cm³/mol. The van der Waals surface area contributed by atoms with Crippen LogP contribution in [0.2, 0.25) is 0 Å². The maximum atomic E-state index is 13.8. The molecule has 6 nitrogen and oxygen atoms in total. The average molecular weight is 544 g/mol. The number of fused-ring (bicyclic) bond motifs is 2. The molecule has 0 aliphatic carbocycles. The summed E-state index contributed by atoms with van der Waals surface area (Å²) in [5, 5.41) is 14.0. The van der Waals surface area contributed by atoms with Crippen molar-refractivity contribution in [1.82, 2.24) is 14.7 Å². The first-order valence-electron chi connectivity index (χ1n) is 13.2. The van der Waals surface area contributed by atoms with Crippen molar-refractivity contribution in [2.24, 2.45) is 0 Å². The molecule has 6 aromatic rings. The largest absolute Gasteiger partial charge is 0.478 e. The summed E-state index contributed by atoms with van der Waals surface area (Å²) in [6, 6.07) is 30.4. The smallest absolute Gasteiger partial charge is 0.335 e. The van der Waals surface area contributed by atoms with Crippen molar-refractivity contribution < 1.29 is 19.1 Å². The zero-order valence-electron chi connectivity index (χ0n) is 22.2. The Morgan fingerprint density at radius 2 is 1.61 bits per heavy atom. The van der Waals surface area contributed by atoms with Gasteiger partial charge in [0.1, 0.15) is 17.3 Å². The van der Waals surface area contributed by atoms with E-state index >= 15 is 0 Å². The Balaban J connectivity index is 1.38. The number of benzene rings is 4. The Morgan fingerprint density at radius 1 is 0.878 bits per heavy atom. The van der Waals surface area contributed by atoms with Crippen molar-refractivity contribution in [3.63, 3.8) is 0 Å². The summed E-state index contributed by atoms with van der Waals surface area (Å²) in [6.45, 7) is 1.86. The lowest BCUT2D eigenvalue weighted by atomic mass is 10.0. The molecule has 6 rings (SSSR count). The molecule has 0 aliphatic rings. The summed E-state index contributed by atoms with van der Waals surface area (Å²) in [6.07, 6.45) is 2.24. The van der Waals surface area contributed by atoms with Crippen LogP contribution in [0.25, 0.3) is 27.4 Å². The molecular formula is C34H26FN3O3. The van der Waals surface area contributed by atoms with E-state index in [0.29, 0.717) is 17.9 Å². The zero-order chi connectivity index (χ0) is 28.5. The van der Waals surface area contributed by atoms with Crippen LogP contribution in [0.15, 0.2) is 109 Å². The van der Waals surface area contributed by atoms with Gasteiger partial charge in [-0.05, 0) is 76.3 Å². The van der Waals surface area contributed by atoms with E-state index < -0.39 is 5.97 Å². The molecule has 2 N–H and O–H groups in total. The van der Waals surface area contributed by atoms with E-state index in [1.807, 2.05) is 72.0 Å². The van der Waals surface area contributed by atoms with Gasteiger partial charge in [-0.15, -0.1) is 0 Å². The van der Waals surface area contributed by atoms with Crippen molar-refractivity contribution in [3.05, 3.63) is 143 Å². The lowest BCUT2D eigenvalue weighted by molar-refractivity contribution is 0.0696. The first-order valence-corrected chi connectivity index (χ1v) is 13.2. The first-order chi connectivity index (χ1) is 19.9. The number of carbonyl (C=O) groups excluding carboxylic acids is 1. The van der Waals surface area contributed by atoms with Gasteiger partial charge in [-0.1, -0.05) is 66.7 Å². The minimum Gasteiger partial charge on any atom is -0.478 e. The van der Waals surface area contributed by atoms with Gasteiger partial charge in [0.2, 0.25) is 0 Å². The topological polar surface area (TPSA) is 83.7 Å². The number of carboxylic acid groups (broad SMARTS) is 1. The van der Waals surface area contributed by atoms with Crippen LogP contribution in [-0.4, -0.2) is 26.4 Å². The highest BCUT2D eigenvalue weighted by molar-refractivity contribution is 5.95. The van der Waals surface area contributed by atoms with E-state index in [1.165, 1.54) is 24.3 Å². The molecule has 0 spiro atoms. The van der Waals surface area contributed by atoms with Crippen LogP contribution in [0.3, 0.4) is 0 Å². The van der Waals surface area contributed by atoms with Gasteiger partial charge in [-0.2, -0.15) is 0 Å². The summed E-state index contributed by atoms with van der Waals surface area (Å²) >= 11 is 0. The molecule has 1 atom stereocenters. The van der Waals surface area contributed by atoms with Gasteiger partial charge in [0.15, 0.2) is 0 Å². The van der Waals surface area contributed by atoms with Crippen molar-refractivity contribution in [1.29, 1.82) is 0 Å². The van der Waals surface area contributed by atoms with Gasteiger partial charge < -0.3 is 10.4 Å². The van der Waals surface area contributed by atoms with Gasteiger partial charge >= 0.3 is 5.97 Å². The molecule has 41 heavy (non-hydrogen) atoms. The second-order valence-corrected chi connectivity index (χ2v) is 10.1. The van der Waals surface area contributed by atoms with Crippen LogP contribution < -0.4 is 5.32 Å². The third-order valence-electron chi connectivity index (χ3n) is 7.27. The van der Waals surface area contributed by atoms with E-state index in [0.717, 1.165) is 38.5 Å². The van der Waals surface area contributed by atoms with Crippen molar-refractivity contribution in [2.75, 3.05) is 0 Å². The number of aromatic carboxylic acids is 1. The van der Waals surface area contributed by atoms with Crippen molar-refractivity contribution in [3.8, 4) is 11.1 Å². The summed E-state index contributed by atoms with van der Waals surface area (Å²) in [4.78, 5) is 29.8. The number of amides is 1. The average Bonchev–Trinajstić information content (AvgIpc) is 3.39. The molecular weight excluding hydrogens is 517 g/mol. The van der Waals surface area contributed by atoms with E-state index in [9.17, 15) is 19.1 Å². The summed E-state index contributed by atoms with van der Waals surface area (Å²) in [5.41, 5.74) is 5.05. The van der Waals surface area contributed by atoms with E-state index in [2.05, 4.69) is 5.32 Å². The second-order valence-electron chi connectivity index (χ2n) is 10.1. The van der Waals surface area contributed by atoms with Crippen LogP contribution in [0.5, 0.6) is 0 Å². The monoisotopic (exact) mass is 543 g/mol. The number of rotatable bonds is 7. The molecule has 2 heterocycles. The van der Waals surface area contributed by atoms with E-state index in [1.54, 1.807) is 24.4 Å². The number of pyridine rings is 1. The second kappa shape index (κ2) is 10.7. The first kappa shape index (κ1) is 26.0. The minimum absolute atomic E-state index is 0.187. The van der Waals surface area contributed by atoms with Gasteiger partial charge in [-0.25, -0.2) is 14.2 Å². The van der Waals surface area contributed by atoms with E-state index in [-0.39, 0.29) is 23.3 Å². The van der Waals surface area contributed by atoms with Crippen LogP contribution in [0.4, 0.5) is 4.39 Å². The fraction of sp³-hybridized carbons (Fsp3) is 0.0882. The molecule has 0 bridgehead atoms. The molecule has 202 valence electrons. The molecule has 2 aromatic heterocycles. The van der Waals surface area contributed by atoms with Gasteiger partial charge in [0.05, 0.1) is 23.3 Å². The number of aromatic nitrogens is 2. The summed E-state index contributed by atoms with van der Waals surface area (Å²) in [5.74, 6) is -0.860. The van der Waals surface area contributed by atoms with Crippen LogP contribution in [0.1, 0.15) is 50.8 Å². The lowest BCUT2D eigenvalue weighted by Gasteiger charge is -2.17. The highest BCUT2D eigenvalue weighted by Gasteiger charge is 2.19. The van der Waals surface area contributed by atoms with Gasteiger partial charge in [0.25, 0.3) is 5.91 Å². The third-order valence-corrected chi connectivity index (χ3v) is 7.27. The Hall–Kier alpha value is -5.30. The molecule has 0 aliphatic heterocycles. The number of nitrogens with one attached hydrogen (secondary N) is 1. The molecule has 0 fully saturated rings. The minimum atomic E-state index is -1.00. The lowest BCUT2D eigenvalue weighted by Crippen LogP contribution is -2.28. The van der Waals surface area contributed by atoms with E-state index in [4.69, 9.17) is 4.98 Å². The Bertz CT molecular complexity index is 1910. The Morgan fingerprint density at radius 3 is 2.37 bits per heavy atom. The molecule has 0 saturated heterocycles. The highest BCUT2D eigenvalue weighted by Crippen LogP contribution is 2.26. The van der Waals surface area contributed by atoms with Crippen LogP contribution >= 0.6 is 0 Å². The number of carboxylic acids is 1. The van der Waals surface area contributed by atoms with Crippen molar-refractivity contribution in [2.45, 2.75) is 19.4 Å². The fourth-order valence-corrected chi connectivity index (χ4v) is 5.11. The number of nitrogens with zero attached hydrogens (tertiary/aromatic N) is 2. The highest BCUT2D eigenvalue weighted by atomic mass is 19.1.